The summed E-state index contributed by atoms with van der Waals surface area (Å²) in [5.41, 5.74) is 6.21. The van der Waals surface area contributed by atoms with E-state index in [0.717, 1.165) is 37.3 Å². The van der Waals surface area contributed by atoms with Crippen molar-refractivity contribution in [3.8, 4) is 0 Å². The molecule has 6 heteroatoms. The summed E-state index contributed by atoms with van der Waals surface area (Å²) in [5, 5.41) is 0.495. The zero-order chi connectivity index (χ0) is 13.3. The smallest absolute Gasteiger partial charge is 0.220 e. The van der Waals surface area contributed by atoms with Crippen molar-refractivity contribution in [2.24, 2.45) is 11.7 Å². The lowest BCUT2D eigenvalue weighted by molar-refractivity contribution is -0.122. The van der Waals surface area contributed by atoms with E-state index >= 15 is 0 Å². The Hall–Kier alpha value is -1.36. The van der Waals surface area contributed by atoms with Gasteiger partial charge in [0.25, 0.3) is 0 Å². The molecule has 1 aliphatic rings. The highest BCUT2D eigenvalue weighted by Gasteiger charge is 2.25. The lowest BCUT2D eigenvalue weighted by atomic mass is 9.96. The molecule has 0 bridgehead atoms. The Morgan fingerprint density at radius 3 is 2.50 bits per heavy atom. The van der Waals surface area contributed by atoms with Gasteiger partial charge in [0, 0.05) is 24.6 Å². The molecule has 0 aromatic carbocycles. The number of aromatic nitrogens is 2. The number of anilines is 1. The molecule has 0 atom stereocenters. The lowest BCUT2D eigenvalue weighted by Gasteiger charge is -2.32. The molecule has 0 unspecified atom stereocenters. The van der Waals surface area contributed by atoms with Crippen molar-refractivity contribution >= 4 is 23.3 Å². The molecule has 0 radical (unpaired) electrons. The maximum atomic E-state index is 11.1. The number of primary amides is 1. The minimum Gasteiger partial charge on any atom is -0.369 e. The zero-order valence-electron chi connectivity index (χ0n) is 10.6. The fourth-order valence-electron chi connectivity index (χ4n) is 2.26. The van der Waals surface area contributed by atoms with Gasteiger partial charge in [-0.2, -0.15) is 0 Å². The summed E-state index contributed by atoms with van der Waals surface area (Å²) in [4.78, 5) is 21.8. The molecule has 0 aliphatic carbocycles. The molecule has 2 rings (SSSR count). The summed E-state index contributed by atoms with van der Waals surface area (Å²) >= 11 is 6.07. The molecule has 1 amide bonds. The molecule has 0 saturated carbocycles. The van der Waals surface area contributed by atoms with Crippen LogP contribution in [0.25, 0.3) is 0 Å². The van der Waals surface area contributed by atoms with E-state index in [2.05, 4.69) is 14.9 Å². The number of amides is 1. The fourth-order valence-corrected chi connectivity index (χ4v) is 2.47. The highest BCUT2D eigenvalue weighted by Crippen LogP contribution is 2.27. The molecule has 1 saturated heterocycles. The lowest BCUT2D eigenvalue weighted by Crippen LogP contribution is -2.39. The first-order valence-corrected chi connectivity index (χ1v) is 6.42. The van der Waals surface area contributed by atoms with Crippen molar-refractivity contribution in [3.05, 3.63) is 16.5 Å². The molecule has 5 nitrogen and oxygen atoms in total. The average molecular weight is 269 g/mol. The van der Waals surface area contributed by atoms with Gasteiger partial charge in [0.1, 0.15) is 16.8 Å². The molecule has 1 aromatic heterocycles. The van der Waals surface area contributed by atoms with Crippen LogP contribution in [0.3, 0.4) is 0 Å². The van der Waals surface area contributed by atoms with Crippen LogP contribution in [-0.4, -0.2) is 29.0 Å². The molecule has 1 aliphatic heterocycles. The number of carbonyl (C=O) groups excluding carboxylic acids is 1. The predicted octanol–water partition coefficient (Wildman–Crippen LogP) is 1.45. The number of carbonyl (C=O) groups is 1. The van der Waals surface area contributed by atoms with Crippen LogP contribution in [0, 0.1) is 19.8 Å². The number of hydrogen-bond acceptors (Lipinski definition) is 4. The highest BCUT2D eigenvalue weighted by atomic mass is 35.5. The second-order valence-corrected chi connectivity index (χ2v) is 5.03. The van der Waals surface area contributed by atoms with Gasteiger partial charge in [-0.3, -0.25) is 4.79 Å². The third-order valence-corrected chi connectivity index (χ3v) is 3.74. The SMILES string of the molecule is Cc1nc(Cl)c(C)c(N2CCC(C(N)=O)CC2)n1. The van der Waals surface area contributed by atoms with Gasteiger partial charge in [-0.15, -0.1) is 0 Å². The van der Waals surface area contributed by atoms with Gasteiger partial charge in [0.2, 0.25) is 5.91 Å². The summed E-state index contributed by atoms with van der Waals surface area (Å²) < 4.78 is 0. The van der Waals surface area contributed by atoms with E-state index in [1.165, 1.54) is 0 Å². The fraction of sp³-hybridized carbons (Fsp3) is 0.583. The summed E-state index contributed by atoms with van der Waals surface area (Å²) in [6.45, 7) is 5.30. The summed E-state index contributed by atoms with van der Waals surface area (Å²) in [5.74, 6) is 1.32. The molecular formula is C12H17ClN4O. The van der Waals surface area contributed by atoms with E-state index in [0.29, 0.717) is 11.0 Å². The standard InChI is InChI=1S/C12H17ClN4O/c1-7-10(13)15-8(2)16-12(7)17-5-3-9(4-6-17)11(14)18/h9H,3-6H2,1-2H3,(H2,14,18). The van der Waals surface area contributed by atoms with E-state index in [1.54, 1.807) is 0 Å². The summed E-state index contributed by atoms with van der Waals surface area (Å²) in [7, 11) is 0. The van der Waals surface area contributed by atoms with E-state index in [9.17, 15) is 4.79 Å². The minimum absolute atomic E-state index is 0.0139. The Morgan fingerprint density at radius 2 is 1.94 bits per heavy atom. The molecule has 0 spiro atoms. The Bertz CT molecular complexity index is 469. The Kier molecular flexibility index (Phi) is 3.71. The van der Waals surface area contributed by atoms with Crippen molar-refractivity contribution in [3.63, 3.8) is 0 Å². The summed E-state index contributed by atoms with van der Waals surface area (Å²) in [6.07, 6.45) is 1.55. The van der Waals surface area contributed by atoms with Gasteiger partial charge in [-0.1, -0.05) is 11.6 Å². The van der Waals surface area contributed by atoms with E-state index < -0.39 is 0 Å². The van der Waals surface area contributed by atoms with Crippen LogP contribution < -0.4 is 10.6 Å². The number of piperidine rings is 1. The van der Waals surface area contributed by atoms with Crippen LogP contribution in [0.15, 0.2) is 0 Å². The maximum Gasteiger partial charge on any atom is 0.220 e. The third kappa shape index (κ3) is 2.56. The van der Waals surface area contributed by atoms with Crippen LogP contribution >= 0.6 is 11.6 Å². The molecule has 2 N–H and O–H groups in total. The number of aryl methyl sites for hydroxylation is 1. The quantitative estimate of drug-likeness (QED) is 0.824. The third-order valence-electron chi connectivity index (χ3n) is 3.37. The number of nitrogens with two attached hydrogens (primary N) is 1. The monoisotopic (exact) mass is 268 g/mol. The predicted molar refractivity (Wildman–Crippen MR) is 70.6 cm³/mol. The Morgan fingerprint density at radius 1 is 1.33 bits per heavy atom. The Balaban J connectivity index is 2.17. The van der Waals surface area contributed by atoms with Gasteiger partial charge >= 0.3 is 0 Å². The van der Waals surface area contributed by atoms with Crippen LogP contribution in [-0.2, 0) is 4.79 Å². The first-order valence-electron chi connectivity index (χ1n) is 6.04. The van der Waals surface area contributed by atoms with Gasteiger partial charge in [0.05, 0.1) is 0 Å². The van der Waals surface area contributed by atoms with Crippen molar-refractivity contribution in [2.45, 2.75) is 26.7 Å². The van der Waals surface area contributed by atoms with Gasteiger partial charge in [0.15, 0.2) is 0 Å². The first kappa shape index (κ1) is 13.1. The van der Waals surface area contributed by atoms with E-state index in [1.807, 2.05) is 13.8 Å². The van der Waals surface area contributed by atoms with Crippen LogP contribution in [0.4, 0.5) is 5.82 Å². The van der Waals surface area contributed by atoms with Crippen LogP contribution in [0.2, 0.25) is 5.15 Å². The second kappa shape index (κ2) is 5.10. The van der Waals surface area contributed by atoms with E-state index in [4.69, 9.17) is 17.3 Å². The van der Waals surface area contributed by atoms with Crippen molar-refractivity contribution in [1.82, 2.24) is 9.97 Å². The van der Waals surface area contributed by atoms with Crippen molar-refractivity contribution in [1.29, 1.82) is 0 Å². The number of hydrogen-bond donors (Lipinski definition) is 1. The zero-order valence-corrected chi connectivity index (χ0v) is 11.4. The van der Waals surface area contributed by atoms with E-state index in [-0.39, 0.29) is 11.8 Å². The molecule has 18 heavy (non-hydrogen) atoms. The topological polar surface area (TPSA) is 72.1 Å². The molecular weight excluding hydrogens is 252 g/mol. The molecule has 2 heterocycles. The van der Waals surface area contributed by atoms with Crippen molar-refractivity contribution < 1.29 is 4.79 Å². The van der Waals surface area contributed by atoms with Crippen molar-refractivity contribution in [2.75, 3.05) is 18.0 Å². The van der Waals surface area contributed by atoms with Crippen LogP contribution in [0.1, 0.15) is 24.2 Å². The number of rotatable bonds is 2. The largest absolute Gasteiger partial charge is 0.369 e. The maximum absolute atomic E-state index is 11.1. The van der Waals surface area contributed by atoms with Gasteiger partial charge < -0.3 is 10.6 Å². The van der Waals surface area contributed by atoms with Gasteiger partial charge in [-0.05, 0) is 26.7 Å². The average Bonchev–Trinajstić information content (AvgIpc) is 2.34. The number of halogens is 1. The van der Waals surface area contributed by atoms with Crippen LogP contribution in [0.5, 0.6) is 0 Å². The molecule has 1 aromatic rings. The first-order chi connectivity index (χ1) is 8.49. The second-order valence-electron chi connectivity index (χ2n) is 4.67. The number of nitrogens with zero attached hydrogens (tertiary/aromatic N) is 3. The summed E-state index contributed by atoms with van der Waals surface area (Å²) in [6, 6.07) is 0. The Labute approximate surface area is 111 Å². The highest BCUT2D eigenvalue weighted by molar-refractivity contribution is 6.30. The minimum atomic E-state index is -0.205. The normalized spacial score (nSPS) is 16.9. The molecule has 1 fully saturated rings. The molecule has 98 valence electrons. The van der Waals surface area contributed by atoms with Gasteiger partial charge in [-0.25, -0.2) is 9.97 Å².